The molecule has 2 aromatic carbocycles. The van der Waals surface area contributed by atoms with E-state index in [0.29, 0.717) is 6.08 Å². The minimum Gasteiger partial charge on any atom is -0.507 e. The summed E-state index contributed by atoms with van der Waals surface area (Å²) in [6.45, 7) is 0. The Kier molecular flexibility index (Phi) is 4.01. The minimum atomic E-state index is -1.29. The predicted molar refractivity (Wildman–Crippen MR) is 91.2 cm³/mol. The summed E-state index contributed by atoms with van der Waals surface area (Å²) in [5.41, 5.74) is -0.728. The van der Waals surface area contributed by atoms with Crippen LogP contribution in [-0.4, -0.2) is 31.5 Å². The molecule has 8 nitrogen and oxygen atoms in total. The van der Waals surface area contributed by atoms with Crippen LogP contribution in [0.25, 0.3) is 28.4 Å². The van der Waals surface area contributed by atoms with Gasteiger partial charge in [0.25, 0.3) is 0 Å². The molecular formula is C18H12O8. The predicted octanol–water partition coefficient (Wildman–Crippen LogP) is 2.38. The molecule has 0 bridgehead atoms. The van der Waals surface area contributed by atoms with Crippen LogP contribution in [0.4, 0.5) is 0 Å². The summed E-state index contributed by atoms with van der Waals surface area (Å²) >= 11 is 0. The first kappa shape index (κ1) is 16.9. The molecule has 0 aliphatic carbocycles. The van der Waals surface area contributed by atoms with E-state index in [9.17, 15) is 30.0 Å². The average Bonchev–Trinajstić information content (AvgIpc) is 2.56. The first-order valence-electron chi connectivity index (χ1n) is 7.24. The van der Waals surface area contributed by atoms with Crippen molar-refractivity contribution in [2.45, 2.75) is 0 Å². The third-order valence-corrected chi connectivity index (χ3v) is 3.66. The van der Waals surface area contributed by atoms with Crippen molar-refractivity contribution >= 4 is 23.0 Å². The van der Waals surface area contributed by atoms with E-state index in [-0.39, 0.29) is 33.6 Å². The number of hydrogen-bond donors (Lipinski definition) is 5. The SMILES string of the molecule is O=C(O)C=Cc1c(O)cc2oc(-c3ccc(O)c(O)c3)cc(=O)c2c1O. The second kappa shape index (κ2) is 6.17. The third-order valence-electron chi connectivity index (χ3n) is 3.66. The molecule has 3 aromatic rings. The highest BCUT2D eigenvalue weighted by molar-refractivity contribution is 5.93. The number of phenols is 4. The smallest absolute Gasteiger partial charge is 0.328 e. The summed E-state index contributed by atoms with van der Waals surface area (Å²) in [5.74, 6) is -3.12. The highest BCUT2D eigenvalue weighted by Crippen LogP contribution is 2.37. The van der Waals surface area contributed by atoms with Gasteiger partial charge in [0, 0.05) is 23.8 Å². The molecule has 0 radical (unpaired) electrons. The molecule has 0 saturated carbocycles. The van der Waals surface area contributed by atoms with Crippen LogP contribution >= 0.6 is 0 Å². The van der Waals surface area contributed by atoms with Gasteiger partial charge in [-0.05, 0) is 24.3 Å². The molecule has 0 fully saturated rings. The number of aromatic hydroxyl groups is 4. The molecule has 0 atom stereocenters. The number of fused-ring (bicyclic) bond motifs is 1. The Bertz CT molecular complexity index is 1120. The van der Waals surface area contributed by atoms with Crippen molar-refractivity contribution in [3.8, 4) is 34.3 Å². The van der Waals surface area contributed by atoms with Gasteiger partial charge in [0.2, 0.25) is 0 Å². The molecule has 3 rings (SSSR count). The maximum absolute atomic E-state index is 12.4. The first-order valence-corrected chi connectivity index (χ1v) is 7.24. The molecule has 0 aliphatic rings. The lowest BCUT2D eigenvalue weighted by Crippen LogP contribution is -2.01. The van der Waals surface area contributed by atoms with Crippen LogP contribution in [0.2, 0.25) is 0 Å². The molecule has 8 heteroatoms. The lowest BCUT2D eigenvalue weighted by molar-refractivity contribution is -0.131. The molecule has 1 heterocycles. The zero-order valence-electron chi connectivity index (χ0n) is 13.0. The van der Waals surface area contributed by atoms with Crippen LogP contribution in [0, 0.1) is 0 Å². The largest absolute Gasteiger partial charge is 0.507 e. The van der Waals surface area contributed by atoms with Crippen molar-refractivity contribution in [1.29, 1.82) is 0 Å². The Morgan fingerprint density at radius 3 is 2.35 bits per heavy atom. The van der Waals surface area contributed by atoms with Gasteiger partial charge in [0.1, 0.15) is 28.2 Å². The highest BCUT2D eigenvalue weighted by Gasteiger charge is 2.17. The van der Waals surface area contributed by atoms with Crippen LogP contribution in [0.3, 0.4) is 0 Å². The fourth-order valence-electron chi connectivity index (χ4n) is 2.44. The molecule has 0 unspecified atom stereocenters. The Hall–Kier alpha value is -3.94. The van der Waals surface area contributed by atoms with Gasteiger partial charge in [0.15, 0.2) is 16.9 Å². The Morgan fingerprint density at radius 2 is 1.69 bits per heavy atom. The van der Waals surface area contributed by atoms with E-state index >= 15 is 0 Å². The van der Waals surface area contributed by atoms with Crippen molar-refractivity contribution in [3.63, 3.8) is 0 Å². The van der Waals surface area contributed by atoms with Crippen LogP contribution in [0.15, 0.2) is 45.6 Å². The molecule has 0 saturated heterocycles. The molecule has 0 aliphatic heterocycles. The van der Waals surface area contributed by atoms with Crippen molar-refractivity contribution in [2.24, 2.45) is 0 Å². The fourth-order valence-corrected chi connectivity index (χ4v) is 2.44. The third kappa shape index (κ3) is 2.91. The van der Waals surface area contributed by atoms with Crippen LogP contribution in [-0.2, 0) is 4.79 Å². The van der Waals surface area contributed by atoms with Crippen molar-refractivity contribution < 1.29 is 34.7 Å². The van der Waals surface area contributed by atoms with Gasteiger partial charge in [-0.3, -0.25) is 4.79 Å². The lowest BCUT2D eigenvalue weighted by Gasteiger charge is -2.09. The van der Waals surface area contributed by atoms with Crippen molar-refractivity contribution in [3.05, 3.63) is 52.2 Å². The minimum absolute atomic E-state index is 0.0328. The topological polar surface area (TPSA) is 148 Å². The number of carboxylic acids is 1. The Labute approximate surface area is 145 Å². The van der Waals surface area contributed by atoms with Crippen molar-refractivity contribution in [2.75, 3.05) is 0 Å². The first-order chi connectivity index (χ1) is 12.3. The molecule has 1 aromatic heterocycles. The molecule has 26 heavy (non-hydrogen) atoms. The van der Waals surface area contributed by atoms with E-state index in [1.807, 2.05) is 0 Å². The normalized spacial score (nSPS) is 11.2. The standard InChI is InChI=1S/C18H12O8/c19-10-3-1-8(5-12(10)21)14-7-13(22)17-15(26-14)6-11(20)9(18(17)25)2-4-16(23)24/h1-7,19-21,25H,(H,23,24). The molecular weight excluding hydrogens is 344 g/mol. The highest BCUT2D eigenvalue weighted by atomic mass is 16.4. The zero-order valence-corrected chi connectivity index (χ0v) is 13.0. The molecule has 5 N–H and O–H groups in total. The maximum atomic E-state index is 12.4. The summed E-state index contributed by atoms with van der Waals surface area (Å²) in [7, 11) is 0. The number of hydrogen-bond acceptors (Lipinski definition) is 7. The van der Waals surface area contributed by atoms with Gasteiger partial charge >= 0.3 is 5.97 Å². The average molecular weight is 356 g/mol. The van der Waals surface area contributed by atoms with Gasteiger partial charge in [-0.25, -0.2) is 4.79 Å². The Balaban J connectivity index is 2.24. The number of carboxylic acid groups (broad SMARTS) is 1. The molecule has 0 spiro atoms. The quantitative estimate of drug-likeness (QED) is 0.355. The number of rotatable bonds is 3. The summed E-state index contributed by atoms with van der Waals surface area (Å²) in [4.78, 5) is 23.0. The van der Waals surface area contributed by atoms with Crippen LogP contribution in [0.5, 0.6) is 23.0 Å². The van der Waals surface area contributed by atoms with Gasteiger partial charge in [0.05, 0.1) is 5.56 Å². The van der Waals surface area contributed by atoms with E-state index in [1.54, 1.807) is 0 Å². The van der Waals surface area contributed by atoms with Crippen LogP contribution in [0.1, 0.15) is 5.56 Å². The van der Waals surface area contributed by atoms with E-state index in [2.05, 4.69) is 0 Å². The van der Waals surface area contributed by atoms with Gasteiger partial charge < -0.3 is 29.9 Å². The summed E-state index contributed by atoms with van der Waals surface area (Å²) in [5, 5.41) is 47.6. The second-order valence-corrected chi connectivity index (χ2v) is 5.38. The van der Waals surface area contributed by atoms with E-state index in [4.69, 9.17) is 9.52 Å². The molecule has 132 valence electrons. The van der Waals surface area contributed by atoms with Gasteiger partial charge in [-0.15, -0.1) is 0 Å². The monoisotopic (exact) mass is 356 g/mol. The van der Waals surface area contributed by atoms with Gasteiger partial charge in [-0.2, -0.15) is 0 Å². The fraction of sp³-hybridized carbons (Fsp3) is 0. The van der Waals surface area contributed by atoms with E-state index < -0.39 is 28.6 Å². The second-order valence-electron chi connectivity index (χ2n) is 5.38. The summed E-state index contributed by atoms with van der Waals surface area (Å²) < 4.78 is 5.51. The summed E-state index contributed by atoms with van der Waals surface area (Å²) in [6.07, 6.45) is 1.66. The van der Waals surface area contributed by atoms with E-state index in [1.165, 1.54) is 18.2 Å². The Morgan fingerprint density at radius 1 is 0.962 bits per heavy atom. The maximum Gasteiger partial charge on any atom is 0.328 e. The number of carbonyl (C=O) groups is 1. The lowest BCUT2D eigenvalue weighted by atomic mass is 10.1. The summed E-state index contributed by atoms with van der Waals surface area (Å²) in [6, 6.07) is 5.94. The van der Waals surface area contributed by atoms with Crippen molar-refractivity contribution in [1.82, 2.24) is 0 Å². The number of aliphatic carboxylic acids is 1. The number of phenolic OH excluding ortho intramolecular Hbond substituents is 4. The molecule has 0 amide bonds. The van der Waals surface area contributed by atoms with E-state index in [0.717, 1.165) is 18.2 Å². The van der Waals surface area contributed by atoms with Gasteiger partial charge in [-0.1, -0.05) is 0 Å². The number of benzene rings is 2. The zero-order chi connectivity index (χ0) is 19.0. The van der Waals surface area contributed by atoms with Crippen LogP contribution < -0.4 is 5.43 Å².